The predicted octanol–water partition coefficient (Wildman–Crippen LogP) is 3.58. The van der Waals surface area contributed by atoms with Gasteiger partial charge in [0.15, 0.2) is 0 Å². The van der Waals surface area contributed by atoms with Crippen LogP contribution >= 0.6 is 15.9 Å². The zero-order chi connectivity index (χ0) is 22.2. The van der Waals surface area contributed by atoms with Gasteiger partial charge >= 0.3 is 0 Å². The lowest BCUT2D eigenvalue weighted by molar-refractivity contribution is -0.123. The molecule has 0 radical (unpaired) electrons. The van der Waals surface area contributed by atoms with E-state index in [1.807, 2.05) is 24.3 Å². The lowest BCUT2D eigenvalue weighted by Crippen LogP contribution is -2.42. The molecule has 3 N–H and O–H groups in total. The van der Waals surface area contributed by atoms with Crippen LogP contribution in [0.2, 0.25) is 0 Å². The van der Waals surface area contributed by atoms with Gasteiger partial charge in [-0.2, -0.15) is 0 Å². The second kappa shape index (κ2) is 10.9. The highest BCUT2D eigenvalue weighted by Crippen LogP contribution is 2.24. The summed E-state index contributed by atoms with van der Waals surface area (Å²) in [6.07, 6.45) is 1.95. The van der Waals surface area contributed by atoms with Gasteiger partial charge in [0.1, 0.15) is 5.75 Å². The number of primary amides is 1. The van der Waals surface area contributed by atoms with Crippen molar-refractivity contribution < 1.29 is 19.1 Å². The number of nitrogens with two attached hydrogens (primary N) is 1. The summed E-state index contributed by atoms with van der Waals surface area (Å²) in [5, 5.41) is 2.84. The Morgan fingerprint density at radius 1 is 1.06 bits per heavy atom. The quantitative estimate of drug-likeness (QED) is 0.555. The molecule has 0 bridgehead atoms. The Bertz CT molecular complexity index is 942. The number of likely N-dealkylation sites (tertiary alicyclic amines) is 1. The molecule has 0 aromatic heterocycles. The van der Waals surface area contributed by atoms with Crippen LogP contribution < -0.4 is 15.8 Å². The molecule has 2 aromatic carbocycles. The maximum atomic E-state index is 13.0. The average molecular weight is 488 g/mol. The first kappa shape index (κ1) is 22.8. The monoisotopic (exact) mass is 487 g/mol. The fourth-order valence-corrected chi connectivity index (χ4v) is 3.90. The van der Waals surface area contributed by atoms with Crippen molar-refractivity contribution in [2.75, 3.05) is 25.0 Å². The highest BCUT2D eigenvalue weighted by molar-refractivity contribution is 9.10. The topological polar surface area (TPSA) is 102 Å². The van der Waals surface area contributed by atoms with Crippen molar-refractivity contribution in [2.24, 2.45) is 11.7 Å². The first-order valence-corrected chi connectivity index (χ1v) is 11.1. The summed E-state index contributed by atoms with van der Waals surface area (Å²) in [5.74, 6) is -0.0976. The third-order valence-corrected chi connectivity index (χ3v) is 5.91. The van der Waals surface area contributed by atoms with Gasteiger partial charge in [0.25, 0.3) is 5.91 Å². The van der Waals surface area contributed by atoms with E-state index in [1.54, 1.807) is 29.2 Å². The molecule has 0 saturated carbocycles. The van der Waals surface area contributed by atoms with Crippen LogP contribution in [0.1, 0.15) is 36.0 Å². The third kappa shape index (κ3) is 6.30. The van der Waals surface area contributed by atoms with E-state index in [0.717, 1.165) is 10.2 Å². The summed E-state index contributed by atoms with van der Waals surface area (Å²) in [5.41, 5.74) is 6.30. The lowest BCUT2D eigenvalue weighted by Gasteiger charge is -2.31. The van der Waals surface area contributed by atoms with Gasteiger partial charge < -0.3 is 20.7 Å². The molecule has 3 rings (SSSR count). The fraction of sp³-hybridized carbons (Fsp3) is 0.348. The van der Waals surface area contributed by atoms with E-state index in [4.69, 9.17) is 10.5 Å². The van der Waals surface area contributed by atoms with Crippen molar-refractivity contribution in [3.8, 4) is 5.75 Å². The highest BCUT2D eigenvalue weighted by atomic mass is 79.9. The van der Waals surface area contributed by atoms with Crippen LogP contribution in [0.3, 0.4) is 0 Å². The molecule has 3 amide bonds. The number of carbonyl (C=O) groups is 3. The van der Waals surface area contributed by atoms with Crippen LogP contribution in [0.4, 0.5) is 5.69 Å². The van der Waals surface area contributed by atoms with Crippen LogP contribution in [-0.2, 0) is 9.59 Å². The molecule has 0 unspecified atom stereocenters. The van der Waals surface area contributed by atoms with Crippen LogP contribution in [-0.4, -0.2) is 42.3 Å². The van der Waals surface area contributed by atoms with Gasteiger partial charge in [0, 0.05) is 25.4 Å². The molecular formula is C23H26BrN3O4. The minimum absolute atomic E-state index is 0.156. The zero-order valence-electron chi connectivity index (χ0n) is 17.2. The van der Waals surface area contributed by atoms with Crippen LogP contribution in [0.25, 0.3) is 0 Å². The van der Waals surface area contributed by atoms with Gasteiger partial charge in [-0.1, -0.05) is 24.3 Å². The highest BCUT2D eigenvalue weighted by Gasteiger charge is 2.27. The molecular weight excluding hydrogens is 462 g/mol. The number of ether oxygens (including phenoxy) is 1. The standard InChI is InChI=1S/C23H26BrN3O4/c24-18-7-2-4-9-20(18)31-15-5-10-21(28)26-19-8-3-1-6-17(19)23(30)27-13-11-16(12-14-27)22(25)29/h1-4,6-9,16H,5,10-15H2,(H2,25,29)(H,26,28). The van der Waals surface area contributed by atoms with Crippen molar-refractivity contribution >= 4 is 39.3 Å². The van der Waals surface area contributed by atoms with E-state index in [2.05, 4.69) is 21.2 Å². The number of rotatable bonds is 8. The van der Waals surface area contributed by atoms with E-state index in [1.165, 1.54) is 0 Å². The molecule has 1 heterocycles. The molecule has 1 aliphatic rings. The van der Waals surface area contributed by atoms with Crippen molar-refractivity contribution in [3.05, 3.63) is 58.6 Å². The van der Waals surface area contributed by atoms with Gasteiger partial charge in [-0.25, -0.2) is 0 Å². The first-order chi connectivity index (χ1) is 15.0. The van der Waals surface area contributed by atoms with E-state index in [9.17, 15) is 14.4 Å². The summed E-state index contributed by atoms with van der Waals surface area (Å²) in [7, 11) is 0. The molecule has 0 aliphatic carbocycles. The van der Waals surface area contributed by atoms with E-state index < -0.39 is 0 Å². The molecule has 31 heavy (non-hydrogen) atoms. The van der Waals surface area contributed by atoms with Gasteiger partial charge in [-0.3, -0.25) is 14.4 Å². The fourth-order valence-electron chi connectivity index (χ4n) is 3.51. The van der Waals surface area contributed by atoms with Crippen molar-refractivity contribution in [1.29, 1.82) is 0 Å². The number of nitrogens with zero attached hydrogens (tertiary/aromatic N) is 1. The summed E-state index contributed by atoms with van der Waals surface area (Å²) in [6, 6.07) is 14.5. The minimum Gasteiger partial charge on any atom is -0.492 e. The summed E-state index contributed by atoms with van der Waals surface area (Å²) < 4.78 is 6.55. The smallest absolute Gasteiger partial charge is 0.255 e. The van der Waals surface area contributed by atoms with Crippen LogP contribution in [0, 0.1) is 5.92 Å². The number of hydrogen-bond donors (Lipinski definition) is 2. The van der Waals surface area contributed by atoms with Crippen molar-refractivity contribution in [1.82, 2.24) is 4.90 Å². The summed E-state index contributed by atoms with van der Waals surface area (Å²) in [4.78, 5) is 38.4. The molecule has 0 spiro atoms. The molecule has 164 valence electrons. The van der Waals surface area contributed by atoms with Crippen LogP contribution in [0.15, 0.2) is 53.0 Å². The molecule has 7 nitrogen and oxygen atoms in total. The van der Waals surface area contributed by atoms with Crippen molar-refractivity contribution in [3.63, 3.8) is 0 Å². The minimum atomic E-state index is -0.316. The van der Waals surface area contributed by atoms with Crippen molar-refractivity contribution in [2.45, 2.75) is 25.7 Å². The second-order valence-corrected chi connectivity index (χ2v) is 8.30. The Morgan fingerprint density at radius 2 is 1.74 bits per heavy atom. The van der Waals surface area contributed by atoms with Gasteiger partial charge in [-0.15, -0.1) is 0 Å². The summed E-state index contributed by atoms with van der Waals surface area (Å²) >= 11 is 3.42. The molecule has 1 fully saturated rings. The zero-order valence-corrected chi connectivity index (χ0v) is 18.8. The number of halogens is 1. The number of anilines is 1. The van der Waals surface area contributed by atoms with Gasteiger partial charge in [0.2, 0.25) is 11.8 Å². The number of nitrogens with one attached hydrogen (secondary N) is 1. The Kier molecular flexibility index (Phi) is 8.06. The van der Waals surface area contributed by atoms with E-state index in [-0.39, 0.29) is 30.1 Å². The first-order valence-electron chi connectivity index (χ1n) is 10.3. The number of carbonyl (C=O) groups excluding carboxylic acids is 3. The number of para-hydroxylation sites is 2. The van der Waals surface area contributed by atoms with Gasteiger partial charge in [-0.05, 0) is 59.5 Å². The average Bonchev–Trinajstić information content (AvgIpc) is 2.78. The lowest BCUT2D eigenvalue weighted by atomic mass is 9.95. The van der Waals surface area contributed by atoms with E-state index in [0.29, 0.717) is 50.2 Å². The number of amides is 3. The Morgan fingerprint density at radius 3 is 2.45 bits per heavy atom. The second-order valence-electron chi connectivity index (χ2n) is 7.45. The molecule has 1 aliphatic heterocycles. The van der Waals surface area contributed by atoms with Crippen LogP contribution in [0.5, 0.6) is 5.75 Å². The Hall–Kier alpha value is -2.87. The molecule has 2 aromatic rings. The Labute approximate surface area is 190 Å². The largest absolute Gasteiger partial charge is 0.492 e. The molecule has 1 saturated heterocycles. The summed E-state index contributed by atoms with van der Waals surface area (Å²) in [6.45, 7) is 1.35. The van der Waals surface area contributed by atoms with Gasteiger partial charge in [0.05, 0.1) is 22.3 Å². The van der Waals surface area contributed by atoms with E-state index >= 15 is 0 Å². The third-order valence-electron chi connectivity index (χ3n) is 5.26. The maximum absolute atomic E-state index is 13.0. The molecule has 8 heteroatoms. The normalized spacial score (nSPS) is 14.2. The number of hydrogen-bond acceptors (Lipinski definition) is 4. The number of benzene rings is 2. The maximum Gasteiger partial charge on any atom is 0.255 e. The molecule has 0 atom stereocenters. The number of piperidine rings is 1. The predicted molar refractivity (Wildman–Crippen MR) is 122 cm³/mol. The SMILES string of the molecule is NC(=O)C1CCN(C(=O)c2ccccc2NC(=O)CCCOc2ccccc2Br)CC1. The Balaban J connectivity index is 1.51.